The minimum atomic E-state index is -0.253. The molecule has 0 bridgehead atoms. The Morgan fingerprint density at radius 2 is 0.714 bits per heavy atom. The van der Waals surface area contributed by atoms with Crippen LogP contribution in [0.5, 0.6) is 0 Å². The van der Waals surface area contributed by atoms with Gasteiger partial charge in [0.2, 0.25) is 17.7 Å². The smallest absolute Gasteiger partial charge is 0.228 e. The Balaban J connectivity index is 0.000000263. The van der Waals surface area contributed by atoms with Gasteiger partial charge in [-0.05, 0) is 32.1 Å². The van der Waals surface area contributed by atoms with Crippen molar-refractivity contribution in [2.45, 2.75) is 94.4 Å². The number of rotatable bonds is 0. The normalized spacial score (nSPS) is 19.3. The van der Waals surface area contributed by atoms with Crippen LogP contribution >= 0.6 is 0 Å². The van der Waals surface area contributed by atoms with E-state index in [0.29, 0.717) is 25.0 Å². The van der Waals surface area contributed by atoms with Crippen LogP contribution in [0.25, 0.3) is 0 Å². The second-order valence-corrected chi connectivity index (χ2v) is 13.0. The van der Waals surface area contributed by atoms with Crippen LogP contribution in [0, 0.1) is 16.2 Å². The third-order valence-electron chi connectivity index (χ3n) is 6.26. The Bertz CT molecular complexity index is 628. The Hall–Kier alpha value is -1.63. The highest BCUT2D eigenvalue weighted by Gasteiger charge is 2.29. The van der Waals surface area contributed by atoms with Crippen LogP contribution in [0.1, 0.15) is 94.4 Å². The number of nitrogens with zero attached hydrogens (tertiary/aromatic N) is 3. The van der Waals surface area contributed by atoms with E-state index < -0.39 is 0 Å². The maximum Gasteiger partial charge on any atom is 0.228 e. The molecule has 0 aliphatic carbocycles. The number of ether oxygens (including phenoxy) is 1. The molecular formula is C28H53N3O4. The van der Waals surface area contributed by atoms with Crippen molar-refractivity contribution in [2.24, 2.45) is 16.2 Å². The summed E-state index contributed by atoms with van der Waals surface area (Å²) in [4.78, 5) is 40.9. The van der Waals surface area contributed by atoms with E-state index in [2.05, 4.69) is 0 Å². The van der Waals surface area contributed by atoms with Crippen LogP contribution in [0.2, 0.25) is 0 Å². The van der Waals surface area contributed by atoms with Crippen molar-refractivity contribution in [1.29, 1.82) is 0 Å². The van der Waals surface area contributed by atoms with E-state index in [9.17, 15) is 14.4 Å². The van der Waals surface area contributed by atoms with Gasteiger partial charge in [0.25, 0.3) is 0 Å². The lowest BCUT2D eigenvalue weighted by Gasteiger charge is -2.32. The molecule has 3 amide bonds. The molecule has 0 saturated carbocycles. The van der Waals surface area contributed by atoms with Gasteiger partial charge < -0.3 is 19.4 Å². The van der Waals surface area contributed by atoms with E-state index in [4.69, 9.17) is 4.74 Å². The summed E-state index contributed by atoms with van der Waals surface area (Å²) in [6.07, 6.45) is 6.02. The number of hydrogen-bond acceptors (Lipinski definition) is 4. The lowest BCUT2D eigenvalue weighted by atomic mass is 9.93. The van der Waals surface area contributed by atoms with Gasteiger partial charge in [0.05, 0.1) is 13.2 Å². The van der Waals surface area contributed by atoms with E-state index in [1.165, 1.54) is 32.1 Å². The fraction of sp³-hybridized carbons (Fsp3) is 0.893. The van der Waals surface area contributed by atoms with Crippen molar-refractivity contribution in [1.82, 2.24) is 14.7 Å². The molecular weight excluding hydrogens is 442 g/mol. The van der Waals surface area contributed by atoms with E-state index in [1.54, 1.807) is 0 Å². The van der Waals surface area contributed by atoms with Gasteiger partial charge >= 0.3 is 0 Å². The van der Waals surface area contributed by atoms with Crippen LogP contribution in [-0.2, 0) is 19.1 Å². The topological polar surface area (TPSA) is 70.2 Å². The molecule has 0 spiro atoms. The maximum absolute atomic E-state index is 11.7. The number of carbonyl (C=O) groups excluding carboxylic acids is 3. The quantitative estimate of drug-likeness (QED) is 0.493. The van der Waals surface area contributed by atoms with Crippen LogP contribution in [0.15, 0.2) is 0 Å². The molecule has 35 heavy (non-hydrogen) atoms. The van der Waals surface area contributed by atoms with Crippen molar-refractivity contribution in [3.63, 3.8) is 0 Å². The molecule has 3 rings (SSSR count). The van der Waals surface area contributed by atoms with Gasteiger partial charge in [-0.3, -0.25) is 14.4 Å². The van der Waals surface area contributed by atoms with Gasteiger partial charge in [0.1, 0.15) is 0 Å². The minimum absolute atomic E-state index is 0.190. The summed E-state index contributed by atoms with van der Waals surface area (Å²) in [6.45, 7) is 24.5. The molecule has 3 aliphatic heterocycles. The molecule has 0 aromatic heterocycles. The predicted octanol–water partition coefficient (Wildman–Crippen LogP) is 4.59. The molecule has 0 aromatic rings. The van der Waals surface area contributed by atoms with Gasteiger partial charge in [-0.25, -0.2) is 0 Å². The zero-order valence-corrected chi connectivity index (χ0v) is 24.2. The van der Waals surface area contributed by atoms with Crippen LogP contribution in [-0.4, -0.2) is 84.9 Å². The molecule has 0 N–H and O–H groups in total. The third kappa shape index (κ3) is 11.3. The Morgan fingerprint density at radius 3 is 1.00 bits per heavy atom. The second kappa shape index (κ2) is 13.6. The van der Waals surface area contributed by atoms with E-state index in [1.807, 2.05) is 77.0 Å². The number of amides is 3. The number of carbonyl (C=O) groups is 3. The van der Waals surface area contributed by atoms with Crippen molar-refractivity contribution in [3.05, 3.63) is 0 Å². The molecule has 3 saturated heterocycles. The molecule has 3 heterocycles. The van der Waals surface area contributed by atoms with Crippen molar-refractivity contribution >= 4 is 17.7 Å². The second-order valence-electron chi connectivity index (χ2n) is 13.0. The zero-order chi connectivity index (χ0) is 26.9. The average molecular weight is 496 g/mol. The standard InChI is InChI=1S/C10H19NO.C9H17NO2.C9H17NO/c1-10(2,3)9(12)11-7-5-4-6-8-11;1-9(2,3)8(11)10-4-6-12-7-5-10;1-9(2,3)8(11)10-6-4-5-7-10/h4-8H2,1-3H3;4-7H2,1-3H3;4-7H2,1-3H3. The lowest BCUT2D eigenvalue weighted by molar-refractivity contribution is -0.143. The lowest BCUT2D eigenvalue weighted by Crippen LogP contribution is -2.45. The largest absolute Gasteiger partial charge is 0.378 e. The van der Waals surface area contributed by atoms with Crippen LogP contribution in [0.4, 0.5) is 0 Å². The molecule has 204 valence electrons. The van der Waals surface area contributed by atoms with Crippen molar-refractivity contribution < 1.29 is 19.1 Å². The monoisotopic (exact) mass is 495 g/mol. The zero-order valence-electron chi connectivity index (χ0n) is 24.2. The van der Waals surface area contributed by atoms with E-state index >= 15 is 0 Å². The molecule has 0 unspecified atom stereocenters. The fourth-order valence-electron chi connectivity index (χ4n) is 4.21. The number of likely N-dealkylation sites (tertiary alicyclic amines) is 2. The Kier molecular flexibility index (Phi) is 12.2. The first kappa shape index (κ1) is 31.4. The molecule has 3 fully saturated rings. The molecule has 3 aliphatic rings. The first-order chi connectivity index (χ1) is 16.0. The minimum Gasteiger partial charge on any atom is -0.378 e. The highest BCUT2D eigenvalue weighted by Crippen LogP contribution is 2.21. The predicted molar refractivity (Wildman–Crippen MR) is 142 cm³/mol. The summed E-state index contributed by atoms with van der Waals surface area (Å²) >= 11 is 0. The van der Waals surface area contributed by atoms with Crippen LogP contribution in [0.3, 0.4) is 0 Å². The maximum atomic E-state index is 11.7. The Morgan fingerprint density at radius 1 is 0.457 bits per heavy atom. The van der Waals surface area contributed by atoms with Gasteiger partial charge in [0, 0.05) is 55.5 Å². The van der Waals surface area contributed by atoms with Crippen molar-refractivity contribution in [2.75, 3.05) is 52.5 Å². The summed E-state index contributed by atoms with van der Waals surface area (Å²) in [5.41, 5.74) is -0.640. The summed E-state index contributed by atoms with van der Waals surface area (Å²) < 4.78 is 5.17. The SMILES string of the molecule is CC(C)(C)C(=O)N1CCCC1.CC(C)(C)C(=O)N1CCCCC1.CC(C)(C)C(=O)N1CCOCC1. The third-order valence-corrected chi connectivity index (χ3v) is 6.26. The van der Waals surface area contributed by atoms with E-state index in [0.717, 1.165) is 39.3 Å². The Labute approximate surface area is 214 Å². The number of morpholine rings is 1. The molecule has 7 heteroatoms. The first-order valence-electron chi connectivity index (χ1n) is 13.5. The first-order valence-corrected chi connectivity index (χ1v) is 13.5. The molecule has 0 radical (unpaired) electrons. The molecule has 0 atom stereocenters. The summed E-state index contributed by atoms with van der Waals surface area (Å²) in [5, 5.41) is 0. The van der Waals surface area contributed by atoms with E-state index in [-0.39, 0.29) is 22.2 Å². The van der Waals surface area contributed by atoms with Gasteiger partial charge in [-0.15, -0.1) is 0 Å². The summed E-state index contributed by atoms with van der Waals surface area (Å²) in [5.74, 6) is 0.836. The van der Waals surface area contributed by atoms with Crippen molar-refractivity contribution in [3.8, 4) is 0 Å². The molecule has 7 nitrogen and oxygen atoms in total. The number of hydrogen-bond donors (Lipinski definition) is 0. The van der Waals surface area contributed by atoms with Gasteiger partial charge in [-0.1, -0.05) is 62.3 Å². The fourth-order valence-corrected chi connectivity index (χ4v) is 4.21. The molecule has 0 aromatic carbocycles. The highest BCUT2D eigenvalue weighted by atomic mass is 16.5. The number of piperidine rings is 1. The summed E-state index contributed by atoms with van der Waals surface area (Å²) in [6, 6.07) is 0. The van der Waals surface area contributed by atoms with Gasteiger partial charge in [0.15, 0.2) is 0 Å². The van der Waals surface area contributed by atoms with Gasteiger partial charge in [-0.2, -0.15) is 0 Å². The van der Waals surface area contributed by atoms with Crippen LogP contribution < -0.4 is 0 Å². The highest BCUT2D eigenvalue weighted by molar-refractivity contribution is 5.82. The summed E-state index contributed by atoms with van der Waals surface area (Å²) in [7, 11) is 0. The average Bonchev–Trinajstić information content (AvgIpc) is 3.32.